The number of amides is 1. The Morgan fingerprint density at radius 1 is 1.00 bits per heavy atom. The number of pyridine rings is 2. The number of carbonyl (C=O) groups excluding carboxylic acids is 1. The van der Waals surface area contributed by atoms with E-state index in [1.165, 1.54) is 24.6 Å². The number of aryl methyl sites for hydroxylation is 1. The van der Waals surface area contributed by atoms with E-state index >= 15 is 0 Å². The number of carbonyl (C=O) groups is 1. The van der Waals surface area contributed by atoms with Crippen LogP contribution in [-0.4, -0.2) is 50.5 Å². The zero-order valence-corrected chi connectivity index (χ0v) is 24.8. The molecule has 1 fully saturated rings. The Morgan fingerprint density at radius 3 is 2.44 bits per heavy atom. The molecule has 0 atom stereocenters. The number of hydrogen-bond acceptors (Lipinski definition) is 7. The molecule has 2 aromatic carbocycles. The molecule has 43 heavy (non-hydrogen) atoms. The molecule has 0 radical (unpaired) electrons. The van der Waals surface area contributed by atoms with Crippen molar-refractivity contribution in [3.8, 4) is 22.3 Å². The van der Waals surface area contributed by atoms with Gasteiger partial charge in [0.05, 0.1) is 0 Å². The Bertz CT molecular complexity index is 1880. The van der Waals surface area contributed by atoms with Crippen LogP contribution in [0.1, 0.15) is 41.7 Å². The maximum absolute atomic E-state index is 13.7. The second-order valence-electron chi connectivity index (χ2n) is 10.9. The summed E-state index contributed by atoms with van der Waals surface area (Å²) in [7, 11) is 2.17. The van der Waals surface area contributed by atoms with E-state index in [1.54, 1.807) is 41.1 Å². The number of primary amides is 1. The maximum atomic E-state index is 13.7. The van der Waals surface area contributed by atoms with Crippen LogP contribution in [0.4, 0.5) is 11.6 Å². The van der Waals surface area contributed by atoms with Gasteiger partial charge in [0.2, 0.25) is 5.95 Å². The average molecular weight is 594 g/mol. The highest BCUT2D eigenvalue weighted by atomic mass is 35.5. The molecule has 10 heteroatoms. The van der Waals surface area contributed by atoms with Crippen molar-refractivity contribution in [3.05, 3.63) is 99.7 Å². The van der Waals surface area contributed by atoms with E-state index in [1.807, 2.05) is 13.0 Å². The lowest BCUT2D eigenvalue weighted by Crippen LogP contribution is -2.29. The summed E-state index contributed by atoms with van der Waals surface area (Å²) in [4.78, 5) is 40.9. The summed E-state index contributed by atoms with van der Waals surface area (Å²) >= 11 is 6.72. The Morgan fingerprint density at radius 2 is 1.74 bits per heavy atom. The number of nitrogens with one attached hydrogen (secondary N) is 1. The lowest BCUT2D eigenvalue weighted by molar-refractivity contribution is 0.0995. The number of nitrogens with zero attached hydrogens (tertiary/aromatic N) is 5. The van der Waals surface area contributed by atoms with Crippen LogP contribution in [0.3, 0.4) is 0 Å². The first kappa shape index (κ1) is 28.5. The number of fused-ring (bicyclic) bond motifs is 1. The highest BCUT2D eigenvalue weighted by molar-refractivity contribution is 6.33. The molecule has 5 aromatic rings. The van der Waals surface area contributed by atoms with Gasteiger partial charge in [-0.05, 0) is 98.9 Å². The normalized spacial score (nSPS) is 14.2. The molecule has 3 aromatic heterocycles. The molecule has 218 valence electrons. The van der Waals surface area contributed by atoms with Gasteiger partial charge in [0.15, 0.2) is 0 Å². The van der Waals surface area contributed by atoms with Gasteiger partial charge in [-0.15, -0.1) is 0 Å². The van der Waals surface area contributed by atoms with Gasteiger partial charge >= 0.3 is 0 Å². The van der Waals surface area contributed by atoms with Gasteiger partial charge in [-0.1, -0.05) is 35.9 Å². The first-order valence-corrected chi connectivity index (χ1v) is 14.7. The van der Waals surface area contributed by atoms with Crippen molar-refractivity contribution in [2.75, 3.05) is 25.5 Å². The number of halogens is 1. The quantitative estimate of drug-likeness (QED) is 0.243. The molecule has 1 saturated heterocycles. The number of nitrogens with two attached hydrogens (primary N) is 1. The molecule has 0 saturated carbocycles. The second kappa shape index (κ2) is 11.9. The predicted molar refractivity (Wildman–Crippen MR) is 171 cm³/mol. The fourth-order valence-corrected chi connectivity index (χ4v) is 5.96. The van der Waals surface area contributed by atoms with Crippen molar-refractivity contribution in [1.82, 2.24) is 24.4 Å². The molecule has 1 aliphatic rings. The number of anilines is 2. The number of benzene rings is 2. The Labute approximate surface area is 254 Å². The zero-order valence-electron chi connectivity index (χ0n) is 24.0. The van der Waals surface area contributed by atoms with Crippen molar-refractivity contribution < 1.29 is 4.79 Å². The molecule has 6 rings (SSSR count). The van der Waals surface area contributed by atoms with E-state index in [-0.39, 0.29) is 11.3 Å². The third kappa shape index (κ3) is 5.86. The Hall–Kier alpha value is -4.60. The lowest BCUT2D eigenvalue weighted by Gasteiger charge is -2.29. The van der Waals surface area contributed by atoms with E-state index < -0.39 is 5.91 Å². The lowest BCUT2D eigenvalue weighted by atomic mass is 9.89. The maximum Gasteiger partial charge on any atom is 0.267 e. The van der Waals surface area contributed by atoms with Crippen LogP contribution in [0.25, 0.3) is 33.3 Å². The fourth-order valence-electron chi connectivity index (χ4n) is 5.67. The minimum absolute atomic E-state index is 0.164. The van der Waals surface area contributed by atoms with Crippen LogP contribution in [-0.2, 0) is 6.54 Å². The van der Waals surface area contributed by atoms with Gasteiger partial charge in [0.1, 0.15) is 11.3 Å². The molecular weight excluding hydrogens is 562 g/mol. The van der Waals surface area contributed by atoms with E-state index in [4.69, 9.17) is 22.3 Å². The van der Waals surface area contributed by atoms with Crippen LogP contribution < -0.4 is 16.6 Å². The fraction of sp³-hybridized carbons (Fsp3) is 0.242. The SMILES string of the molecule is CCn1c(=O)c(-c2ccc(-c3ccnc(C(N)=O)c3)cc2Cl)cc2cnc(Nc3ccc(C4CCN(C)CC4)cc3)nc21. The van der Waals surface area contributed by atoms with Gasteiger partial charge in [-0.2, -0.15) is 4.98 Å². The minimum Gasteiger partial charge on any atom is -0.364 e. The van der Waals surface area contributed by atoms with Crippen LogP contribution >= 0.6 is 11.6 Å². The number of likely N-dealkylation sites (tertiary alicyclic amines) is 1. The smallest absolute Gasteiger partial charge is 0.267 e. The highest BCUT2D eigenvalue weighted by Gasteiger charge is 2.19. The third-order valence-corrected chi connectivity index (χ3v) is 8.42. The molecule has 0 bridgehead atoms. The van der Waals surface area contributed by atoms with Crippen molar-refractivity contribution in [3.63, 3.8) is 0 Å². The Kier molecular flexibility index (Phi) is 7.92. The molecule has 1 amide bonds. The monoisotopic (exact) mass is 593 g/mol. The number of rotatable bonds is 7. The molecule has 4 heterocycles. The Balaban J connectivity index is 1.28. The molecule has 1 aliphatic heterocycles. The van der Waals surface area contributed by atoms with Gasteiger partial charge in [0, 0.05) is 46.2 Å². The molecular formula is C33H32ClN7O2. The summed E-state index contributed by atoms with van der Waals surface area (Å²) in [6.45, 7) is 4.58. The van der Waals surface area contributed by atoms with Crippen molar-refractivity contribution >= 4 is 40.2 Å². The molecule has 9 nitrogen and oxygen atoms in total. The summed E-state index contributed by atoms with van der Waals surface area (Å²) in [5.74, 6) is 0.400. The van der Waals surface area contributed by atoms with Crippen LogP contribution in [0.2, 0.25) is 5.02 Å². The third-order valence-electron chi connectivity index (χ3n) is 8.10. The van der Waals surface area contributed by atoms with Gasteiger partial charge in [-0.3, -0.25) is 19.1 Å². The van der Waals surface area contributed by atoms with Crippen molar-refractivity contribution in [1.29, 1.82) is 0 Å². The van der Waals surface area contributed by atoms with E-state index in [9.17, 15) is 9.59 Å². The molecule has 3 N–H and O–H groups in total. The standard InChI is InChI=1S/C33H32ClN7O2/c1-3-41-31-24(19-37-33(39-31)38-25-7-4-20(5-8-25)21-11-14-40(2)15-12-21)16-27(32(41)43)26-9-6-22(17-28(26)34)23-10-13-36-29(18-23)30(35)42/h4-10,13,16-19,21H,3,11-12,14-15H2,1-2H3,(H2,35,42)(H,37,38,39). The first-order valence-electron chi connectivity index (χ1n) is 14.3. The average Bonchev–Trinajstić information content (AvgIpc) is 3.02. The molecule has 0 unspecified atom stereocenters. The van der Waals surface area contributed by atoms with Crippen molar-refractivity contribution in [2.45, 2.75) is 32.2 Å². The van der Waals surface area contributed by atoms with Crippen molar-refractivity contribution in [2.24, 2.45) is 5.73 Å². The van der Waals surface area contributed by atoms with Gasteiger partial charge in [-0.25, -0.2) is 4.98 Å². The minimum atomic E-state index is -0.609. The van der Waals surface area contributed by atoms with E-state index in [2.05, 4.69) is 51.5 Å². The van der Waals surface area contributed by atoms with Gasteiger partial charge in [0.25, 0.3) is 11.5 Å². The van der Waals surface area contributed by atoms with Crippen LogP contribution in [0.5, 0.6) is 0 Å². The summed E-state index contributed by atoms with van der Waals surface area (Å²) in [5, 5.41) is 4.41. The summed E-state index contributed by atoms with van der Waals surface area (Å²) in [5.41, 5.74) is 10.7. The summed E-state index contributed by atoms with van der Waals surface area (Å²) in [6, 6.07) is 19.0. The molecule has 0 aliphatic carbocycles. The van der Waals surface area contributed by atoms with E-state index in [0.29, 0.717) is 40.2 Å². The number of hydrogen-bond donors (Lipinski definition) is 2. The largest absolute Gasteiger partial charge is 0.364 e. The van der Waals surface area contributed by atoms with Crippen LogP contribution in [0, 0.1) is 0 Å². The first-order chi connectivity index (χ1) is 20.8. The van der Waals surface area contributed by atoms with Crippen LogP contribution in [0.15, 0.2) is 77.9 Å². The zero-order chi connectivity index (χ0) is 30.1. The second-order valence-corrected chi connectivity index (χ2v) is 11.3. The van der Waals surface area contributed by atoms with E-state index in [0.717, 1.165) is 35.3 Å². The van der Waals surface area contributed by atoms with Gasteiger partial charge < -0.3 is 16.0 Å². The summed E-state index contributed by atoms with van der Waals surface area (Å²) < 4.78 is 1.63. The number of aromatic nitrogens is 4. The highest BCUT2D eigenvalue weighted by Crippen LogP contribution is 2.33. The number of piperidine rings is 1. The molecule has 0 spiro atoms. The predicted octanol–water partition coefficient (Wildman–Crippen LogP) is 5.85. The summed E-state index contributed by atoms with van der Waals surface area (Å²) in [6.07, 6.45) is 5.59. The topological polar surface area (TPSA) is 119 Å².